The Morgan fingerprint density at radius 3 is 2.75 bits per heavy atom. The number of hydrogen-bond acceptors (Lipinski definition) is 3. The summed E-state index contributed by atoms with van der Waals surface area (Å²) in [5, 5.41) is 0. The van der Waals surface area contributed by atoms with E-state index in [9.17, 15) is 13.6 Å². The Bertz CT molecular complexity index is 410. The second kappa shape index (κ2) is 5.34. The van der Waals surface area contributed by atoms with Crippen LogP contribution in [-0.4, -0.2) is 17.6 Å². The minimum Gasteiger partial charge on any atom is -0.462 e. The standard InChI is InChI=1S/C10H10BrF2NO2/c1-3-16-10(15)7-5(2)6(11)4-14-8(7)9(12)13/h4,9H,3H2,1-2H3. The molecule has 0 unspecified atom stereocenters. The first-order chi connectivity index (χ1) is 7.49. The number of alkyl halides is 2. The van der Waals surface area contributed by atoms with Gasteiger partial charge in [0, 0.05) is 10.7 Å². The Kier molecular flexibility index (Phi) is 4.35. The number of esters is 1. The van der Waals surface area contributed by atoms with Gasteiger partial charge in [-0.15, -0.1) is 0 Å². The zero-order valence-electron chi connectivity index (χ0n) is 8.76. The summed E-state index contributed by atoms with van der Waals surface area (Å²) in [6, 6.07) is 0. The Balaban J connectivity index is 3.31. The fraction of sp³-hybridized carbons (Fsp3) is 0.400. The fourth-order valence-corrected chi connectivity index (χ4v) is 1.53. The molecule has 0 aliphatic heterocycles. The summed E-state index contributed by atoms with van der Waals surface area (Å²) in [4.78, 5) is 15.1. The van der Waals surface area contributed by atoms with Crippen LogP contribution in [0, 0.1) is 6.92 Å². The van der Waals surface area contributed by atoms with E-state index < -0.39 is 18.1 Å². The van der Waals surface area contributed by atoms with Crippen LogP contribution >= 0.6 is 15.9 Å². The third-order valence-electron chi connectivity index (χ3n) is 1.99. The van der Waals surface area contributed by atoms with Crippen molar-refractivity contribution >= 4 is 21.9 Å². The van der Waals surface area contributed by atoms with Gasteiger partial charge >= 0.3 is 5.97 Å². The summed E-state index contributed by atoms with van der Waals surface area (Å²) in [5.41, 5.74) is -0.297. The molecule has 0 fully saturated rings. The first-order valence-corrected chi connectivity index (χ1v) is 5.38. The average molecular weight is 294 g/mol. The minimum absolute atomic E-state index is 0.132. The van der Waals surface area contributed by atoms with Crippen LogP contribution in [0.25, 0.3) is 0 Å². The number of hydrogen-bond donors (Lipinski definition) is 0. The molecule has 0 radical (unpaired) electrons. The Morgan fingerprint density at radius 2 is 2.25 bits per heavy atom. The molecule has 16 heavy (non-hydrogen) atoms. The van der Waals surface area contributed by atoms with Crippen molar-refractivity contribution in [3.8, 4) is 0 Å². The molecule has 1 aromatic rings. The van der Waals surface area contributed by atoms with E-state index in [-0.39, 0.29) is 12.2 Å². The van der Waals surface area contributed by atoms with E-state index >= 15 is 0 Å². The largest absolute Gasteiger partial charge is 0.462 e. The van der Waals surface area contributed by atoms with Gasteiger partial charge in [0.05, 0.1) is 12.2 Å². The van der Waals surface area contributed by atoms with Crippen molar-refractivity contribution in [3.63, 3.8) is 0 Å². The van der Waals surface area contributed by atoms with Crippen molar-refractivity contribution in [2.75, 3.05) is 6.61 Å². The number of carbonyl (C=O) groups excluding carboxylic acids is 1. The quantitative estimate of drug-likeness (QED) is 0.803. The second-order valence-corrected chi connectivity index (χ2v) is 3.87. The van der Waals surface area contributed by atoms with E-state index in [1.807, 2.05) is 0 Å². The van der Waals surface area contributed by atoms with E-state index in [2.05, 4.69) is 20.9 Å². The average Bonchev–Trinajstić information content (AvgIpc) is 2.21. The molecule has 0 aliphatic rings. The minimum atomic E-state index is -2.80. The molecule has 6 heteroatoms. The maximum absolute atomic E-state index is 12.7. The lowest BCUT2D eigenvalue weighted by Crippen LogP contribution is -2.12. The smallest absolute Gasteiger partial charge is 0.340 e. The number of ether oxygens (including phenoxy) is 1. The maximum atomic E-state index is 12.7. The fourth-order valence-electron chi connectivity index (χ4n) is 1.23. The molecule has 0 aromatic carbocycles. The van der Waals surface area contributed by atoms with Crippen LogP contribution < -0.4 is 0 Å². The van der Waals surface area contributed by atoms with E-state index in [0.717, 1.165) is 0 Å². The highest BCUT2D eigenvalue weighted by molar-refractivity contribution is 9.10. The topological polar surface area (TPSA) is 39.2 Å². The van der Waals surface area contributed by atoms with E-state index in [4.69, 9.17) is 4.74 Å². The Morgan fingerprint density at radius 1 is 1.62 bits per heavy atom. The lowest BCUT2D eigenvalue weighted by Gasteiger charge is -2.11. The molecule has 0 bridgehead atoms. The van der Waals surface area contributed by atoms with Crippen LogP contribution in [-0.2, 0) is 4.74 Å². The van der Waals surface area contributed by atoms with E-state index in [1.54, 1.807) is 13.8 Å². The van der Waals surface area contributed by atoms with Gasteiger partial charge in [-0.1, -0.05) is 0 Å². The number of aromatic nitrogens is 1. The predicted octanol–water partition coefficient (Wildman–Crippen LogP) is 3.27. The molecule has 3 nitrogen and oxygen atoms in total. The molecule has 0 N–H and O–H groups in total. The lowest BCUT2D eigenvalue weighted by molar-refractivity contribution is 0.0512. The predicted molar refractivity (Wildman–Crippen MR) is 57.6 cm³/mol. The Hall–Kier alpha value is -1.04. The number of pyridine rings is 1. The highest BCUT2D eigenvalue weighted by atomic mass is 79.9. The van der Waals surface area contributed by atoms with Crippen molar-refractivity contribution in [3.05, 3.63) is 27.5 Å². The van der Waals surface area contributed by atoms with Gasteiger partial charge in [0.2, 0.25) is 0 Å². The van der Waals surface area contributed by atoms with E-state index in [1.165, 1.54) is 6.20 Å². The van der Waals surface area contributed by atoms with Gasteiger partial charge in [0.25, 0.3) is 6.43 Å². The highest BCUT2D eigenvalue weighted by Crippen LogP contribution is 2.28. The van der Waals surface area contributed by atoms with Crippen molar-refractivity contribution < 1.29 is 18.3 Å². The summed E-state index contributed by atoms with van der Waals surface area (Å²) >= 11 is 3.13. The van der Waals surface area contributed by atoms with Gasteiger partial charge in [-0.3, -0.25) is 4.98 Å². The number of halogens is 3. The lowest BCUT2D eigenvalue weighted by atomic mass is 10.1. The first-order valence-electron chi connectivity index (χ1n) is 4.59. The molecule has 0 saturated heterocycles. The zero-order valence-corrected chi connectivity index (χ0v) is 10.3. The molecule has 0 atom stereocenters. The van der Waals surface area contributed by atoms with Crippen molar-refractivity contribution in [2.45, 2.75) is 20.3 Å². The normalized spacial score (nSPS) is 10.6. The monoisotopic (exact) mass is 293 g/mol. The molecule has 0 aliphatic carbocycles. The SMILES string of the molecule is CCOC(=O)c1c(C(F)F)ncc(Br)c1C. The van der Waals surface area contributed by atoms with Gasteiger partial charge in [-0.25, -0.2) is 13.6 Å². The van der Waals surface area contributed by atoms with Gasteiger partial charge in [-0.2, -0.15) is 0 Å². The summed E-state index contributed by atoms with van der Waals surface area (Å²) in [5.74, 6) is -0.774. The van der Waals surface area contributed by atoms with Gasteiger partial charge < -0.3 is 4.74 Å². The molecule has 0 saturated carbocycles. The summed E-state index contributed by atoms with van der Waals surface area (Å²) < 4.78 is 30.5. The molecular formula is C10H10BrF2NO2. The van der Waals surface area contributed by atoms with Crippen molar-refractivity contribution in [1.29, 1.82) is 0 Å². The summed E-state index contributed by atoms with van der Waals surface area (Å²) in [6.45, 7) is 3.30. The van der Waals surface area contributed by atoms with Gasteiger partial charge in [-0.05, 0) is 35.3 Å². The summed E-state index contributed by atoms with van der Waals surface area (Å²) in [6.07, 6.45) is -1.55. The second-order valence-electron chi connectivity index (χ2n) is 3.01. The third-order valence-corrected chi connectivity index (χ3v) is 2.79. The highest BCUT2D eigenvalue weighted by Gasteiger charge is 2.24. The van der Waals surface area contributed by atoms with Gasteiger partial charge in [0.15, 0.2) is 0 Å². The van der Waals surface area contributed by atoms with Crippen LogP contribution in [0.1, 0.15) is 35.0 Å². The van der Waals surface area contributed by atoms with Crippen LogP contribution in [0.2, 0.25) is 0 Å². The third kappa shape index (κ3) is 2.55. The zero-order chi connectivity index (χ0) is 12.3. The molecule has 0 amide bonds. The van der Waals surface area contributed by atoms with Crippen LogP contribution in [0.5, 0.6) is 0 Å². The van der Waals surface area contributed by atoms with Crippen LogP contribution in [0.4, 0.5) is 8.78 Å². The maximum Gasteiger partial charge on any atom is 0.340 e. The van der Waals surface area contributed by atoms with Gasteiger partial charge in [0.1, 0.15) is 5.69 Å². The molecule has 1 heterocycles. The molecule has 88 valence electrons. The first kappa shape index (κ1) is 13.0. The van der Waals surface area contributed by atoms with Crippen LogP contribution in [0.15, 0.2) is 10.7 Å². The molecular weight excluding hydrogens is 284 g/mol. The van der Waals surface area contributed by atoms with Crippen molar-refractivity contribution in [1.82, 2.24) is 4.98 Å². The van der Waals surface area contributed by atoms with Crippen molar-refractivity contribution in [2.24, 2.45) is 0 Å². The molecule has 0 spiro atoms. The van der Waals surface area contributed by atoms with E-state index in [0.29, 0.717) is 10.0 Å². The van der Waals surface area contributed by atoms with Crippen LogP contribution in [0.3, 0.4) is 0 Å². The molecule has 1 rings (SSSR count). The number of rotatable bonds is 3. The number of carbonyl (C=O) groups is 1. The summed E-state index contributed by atoms with van der Waals surface area (Å²) in [7, 11) is 0. The Labute approximate surface area is 99.9 Å². The molecule has 1 aromatic heterocycles. The number of nitrogens with zero attached hydrogens (tertiary/aromatic N) is 1.